The van der Waals surface area contributed by atoms with E-state index in [1.807, 2.05) is 32.1 Å². The SMILES string of the molecule is CC(C)c1ccoc1C(=O)N[C@@H]1C=C[C@H](CO)C1. The maximum atomic E-state index is 12.1. The minimum Gasteiger partial charge on any atom is -0.459 e. The Morgan fingerprint density at radius 3 is 2.94 bits per heavy atom. The molecule has 2 rings (SSSR count). The van der Waals surface area contributed by atoms with E-state index in [0.717, 1.165) is 12.0 Å². The summed E-state index contributed by atoms with van der Waals surface area (Å²) in [7, 11) is 0. The number of hydrogen-bond donors (Lipinski definition) is 2. The Labute approximate surface area is 107 Å². The van der Waals surface area contributed by atoms with Crippen LogP contribution in [-0.2, 0) is 0 Å². The van der Waals surface area contributed by atoms with Gasteiger partial charge in [0.15, 0.2) is 5.76 Å². The summed E-state index contributed by atoms with van der Waals surface area (Å²) in [6.45, 7) is 4.18. The summed E-state index contributed by atoms with van der Waals surface area (Å²) in [6.07, 6.45) is 6.17. The van der Waals surface area contributed by atoms with Crippen molar-refractivity contribution < 1.29 is 14.3 Å². The highest BCUT2D eigenvalue weighted by Gasteiger charge is 2.23. The van der Waals surface area contributed by atoms with Crippen LogP contribution in [0.3, 0.4) is 0 Å². The van der Waals surface area contributed by atoms with Crippen LogP contribution in [0.2, 0.25) is 0 Å². The lowest BCUT2D eigenvalue weighted by molar-refractivity contribution is 0.0911. The third-order valence-electron chi connectivity index (χ3n) is 3.25. The summed E-state index contributed by atoms with van der Waals surface area (Å²) in [5.74, 6) is 0.619. The average molecular weight is 249 g/mol. The molecule has 98 valence electrons. The van der Waals surface area contributed by atoms with Crippen molar-refractivity contribution in [2.75, 3.05) is 6.61 Å². The zero-order chi connectivity index (χ0) is 13.1. The van der Waals surface area contributed by atoms with E-state index < -0.39 is 0 Å². The number of furan rings is 1. The molecule has 0 bridgehead atoms. The van der Waals surface area contributed by atoms with Gasteiger partial charge in [0, 0.05) is 24.1 Å². The molecule has 0 radical (unpaired) electrons. The normalized spacial score (nSPS) is 22.7. The van der Waals surface area contributed by atoms with Gasteiger partial charge >= 0.3 is 0 Å². The van der Waals surface area contributed by atoms with E-state index in [1.165, 1.54) is 0 Å². The van der Waals surface area contributed by atoms with Crippen LogP contribution < -0.4 is 5.32 Å². The topological polar surface area (TPSA) is 62.5 Å². The first-order chi connectivity index (χ1) is 8.61. The minimum absolute atomic E-state index is 0.0141. The molecule has 0 spiro atoms. The summed E-state index contributed by atoms with van der Waals surface area (Å²) in [6, 6.07) is 1.82. The number of carbonyl (C=O) groups excluding carboxylic acids is 1. The maximum Gasteiger partial charge on any atom is 0.287 e. The van der Waals surface area contributed by atoms with Crippen molar-refractivity contribution in [1.82, 2.24) is 5.32 Å². The number of amides is 1. The predicted molar refractivity (Wildman–Crippen MR) is 68.4 cm³/mol. The molecule has 2 atom stereocenters. The van der Waals surface area contributed by atoms with Gasteiger partial charge in [0.2, 0.25) is 0 Å². The van der Waals surface area contributed by atoms with Crippen LogP contribution >= 0.6 is 0 Å². The van der Waals surface area contributed by atoms with Gasteiger partial charge in [-0.25, -0.2) is 0 Å². The molecule has 0 saturated heterocycles. The summed E-state index contributed by atoms with van der Waals surface area (Å²) >= 11 is 0. The number of hydrogen-bond acceptors (Lipinski definition) is 3. The highest BCUT2D eigenvalue weighted by molar-refractivity contribution is 5.93. The van der Waals surface area contributed by atoms with Crippen molar-refractivity contribution >= 4 is 5.91 Å². The molecular weight excluding hydrogens is 230 g/mol. The van der Waals surface area contributed by atoms with Crippen LogP contribution in [0.25, 0.3) is 0 Å². The Balaban J connectivity index is 2.00. The van der Waals surface area contributed by atoms with Gasteiger partial charge in [0.1, 0.15) is 0 Å². The molecule has 1 aliphatic carbocycles. The lowest BCUT2D eigenvalue weighted by atomic mass is 10.0. The fourth-order valence-corrected chi connectivity index (χ4v) is 2.21. The van der Waals surface area contributed by atoms with Gasteiger partial charge in [0.05, 0.1) is 6.26 Å². The molecule has 0 aliphatic heterocycles. The van der Waals surface area contributed by atoms with Crippen LogP contribution in [0.1, 0.15) is 42.3 Å². The lowest BCUT2D eigenvalue weighted by Crippen LogP contribution is -2.33. The summed E-state index contributed by atoms with van der Waals surface area (Å²) in [4.78, 5) is 12.1. The molecule has 2 N–H and O–H groups in total. The second kappa shape index (κ2) is 5.40. The van der Waals surface area contributed by atoms with Crippen LogP contribution in [0.4, 0.5) is 0 Å². The maximum absolute atomic E-state index is 12.1. The molecule has 1 amide bonds. The minimum atomic E-state index is -0.183. The van der Waals surface area contributed by atoms with Crippen LogP contribution in [0.5, 0.6) is 0 Å². The third-order valence-corrected chi connectivity index (χ3v) is 3.25. The molecule has 4 nitrogen and oxygen atoms in total. The first-order valence-corrected chi connectivity index (χ1v) is 6.29. The van der Waals surface area contributed by atoms with E-state index in [1.54, 1.807) is 6.26 Å². The molecule has 4 heteroatoms. The van der Waals surface area contributed by atoms with E-state index in [9.17, 15) is 4.79 Å². The Hall–Kier alpha value is -1.55. The van der Waals surface area contributed by atoms with E-state index in [4.69, 9.17) is 9.52 Å². The van der Waals surface area contributed by atoms with Crippen molar-refractivity contribution in [1.29, 1.82) is 0 Å². The molecule has 1 aromatic rings. The monoisotopic (exact) mass is 249 g/mol. The smallest absolute Gasteiger partial charge is 0.287 e. The second-order valence-electron chi connectivity index (χ2n) is 5.00. The summed E-state index contributed by atoms with van der Waals surface area (Å²) in [5.41, 5.74) is 0.924. The van der Waals surface area contributed by atoms with Gasteiger partial charge in [-0.15, -0.1) is 0 Å². The highest BCUT2D eigenvalue weighted by atomic mass is 16.3. The van der Waals surface area contributed by atoms with E-state index in [-0.39, 0.29) is 30.4 Å². The molecule has 1 aliphatic rings. The average Bonchev–Trinajstić information content (AvgIpc) is 2.96. The van der Waals surface area contributed by atoms with Gasteiger partial charge in [-0.1, -0.05) is 26.0 Å². The Bertz CT molecular complexity index is 448. The van der Waals surface area contributed by atoms with Crippen molar-refractivity contribution in [3.63, 3.8) is 0 Å². The molecule has 0 unspecified atom stereocenters. The molecule has 1 aromatic heterocycles. The first-order valence-electron chi connectivity index (χ1n) is 6.29. The zero-order valence-corrected chi connectivity index (χ0v) is 10.7. The molecule has 0 aromatic carbocycles. The third kappa shape index (κ3) is 2.64. The van der Waals surface area contributed by atoms with Crippen molar-refractivity contribution in [2.24, 2.45) is 5.92 Å². The highest BCUT2D eigenvalue weighted by Crippen LogP contribution is 2.22. The molecule has 18 heavy (non-hydrogen) atoms. The summed E-state index contributed by atoms with van der Waals surface area (Å²) in [5, 5.41) is 11.9. The first kappa shape index (κ1) is 12.9. The van der Waals surface area contributed by atoms with E-state index in [2.05, 4.69) is 5.32 Å². The van der Waals surface area contributed by atoms with Gasteiger partial charge in [-0.3, -0.25) is 4.79 Å². The second-order valence-corrected chi connectivity index (χ2v) is 5.00. The fraction of sp³-hybridized carbons (Fsp3) is 0.500. The standard InChI is InChI=1S/C14H19NO3/c1-9(2)12-5-6-18-13(12)14(17)15-11-4-3-10(7-11)8-16/h3-6,9-11,16H,7-8H2,1-2H3,(H,15,17)/t10-,11+/m0/s1. The largest absolute Gasteiger partial charge is 0.459 e. The zero-order valence-electron chi connectivity index (χ0n) is 10.7. The van der Waals surface area contributed by atoms with Crippen molar-refractivity contribution in [3.05, 3.63) is 35.8 Å². The van der Waals surface area contributed by atoms with Crippen LogP contribution in [0, 0.1) is 5.92 Å². The number of carbonyl (C=O) groups is 1. The Morgan fingerprint density at radius 2 is 2.33 bits per heavy atom. The van der Waals surface area contributed by atoms with Gasteiger partial charge in [-0.2, -0.15) is 0 Å². The molecule has 1 heterocycles. The fourth-order valence-electron chi connectivity index (χ4n) is 2.21. The number of aliphatic hydroxyl groups is 1. The van der Waals surface area contributed by atoms with Gasteiger partial charge < -0.3 is 14.8 Å². The summed E-state index contributed by atoms with van der Waals surface area (Å²) < 4.78 is 5.27. The number of nitrogens with one attached hydrogen (secondary N) is 1. The van der Waals surface area contributed by atoms with Gasteiger partial charge in [-0.05, 0) is 18.4 Å². The van der Waals surface area contributed by atoms with Gasteiger partial charge in [0.25, 0.3) is 5.91 Å². The number of rotatable bonds is 4. The molecule has 0 saturated carbocycles. The Kier molecular flexibility index (Phi) is 3.87. The van der Waals surface area contributed by atoms with Crippen LogP contribution in [-0.4, -0.2) is 23.7 Å². The quantitative estimate of drug-likeness (QED) is 0.803. The van der Waals surface area contributed by atoms with E-state index >= 15 is 0 Å². The van der Waals surface area contributed by atoms with Crippen LogP contribution in [0.15, 0.2) is 28.9 Å². The molecular formula is C14H19NO3. The molecule has 0 fully saturated rings. The van der Waals surface area contributed by atoms with E-state index in [0.29, 0.717) is 5.76 Å². The predicted octanol–water partition coefficient (Wildman–Crippen LogP) is 2.07. The Morgan fingerprint density at radius 1 is 1.56 bits per heavy atom. The number of aliphatic hydroxyl groups excluding tert-OH is 1. The van der Waals surface area contributed by atoms with Crippen molar-refractivity contribution in [3.8, 4) is 0 Å². The lowest BCUT2D eigenvalue weighted by Gasteiger charge is -2.13. The van der Waals surface area contributed by atoms with Crippen molar-refractivity contribution in [2.45, 2.75) is 32.2 Å².